The Labute approximate surface area is 217 Å². The molecule has 2 aliphatic rings. The number of benzene rings is 2. The van der Waals surface area contributed by atoms with E-state index in [4.69, 9.17) is 32.4 Å². The molecular formula is C26H26Cl2F2N2O4. The Morgan fingerprint density at radius 2 is 1.89 bits per heavy atom. The topological polar surface area (TPSA) is 74.9 Å². The first kappa shape index (κ1) is 25.3. The van der Waals surface area contributed by atoms with E-state index in [0.717, 1.165) is 31.7 Å². The Morgan fingerprint density at radius 1 is 1.17 bits per heavy atom. The summed E-state index contributed by atoms with van der Waals surface area (Å²) in [6, 6.07) is 9.33. The molecule has 36 heavy (non-hydrogen) atoms. The van der Waals surface area contributed by atoms with Gasteiger partial charge in [-0.05, 0) is 69.0 Å². The molecule has 0 bridgehead atoms. The summed E-state index contributed by atoms with van der Waals surface area (Å²) in [5.74, 6) is -5.87. The lowest BCUT2D eigenvalue weighted by Gasteiger charge is -2.42. The molecule has 1 aliphatic heterocycles. The van der Waals surface area contributed by atoms with Gasteiger partial charge in [0.2, 0.25) is 0 Å². The molecule has 2 heterocycles. The first-order valence-electron chi connectivity index (χ1n) is 11.9. The lowest BCUT2D eigenvalue weighted by atomic mass is 9.93. The number of hydrogen-bond donors (Lipinski definition) is 2. The van der Waals surface area contributed by atoms with Crippen molar-refractivity contribution in [1.29, 1.82) is 0 Å². The zero-order valence-corrected chi connectivity index (χ0v) is 21.1. The average Bonchev–Trinajstić information content (AvgIpc) is 3.30. The molecule has 0 spiro atoms. The fourth-order valence-electron chi connectivity index (χ4n) is 4.62. The van der Waals surface area contributed by atoms with E-state index in [1.165, 1.54) is 25.1 Å². The molecule has 192 valence electrons. The first-order valence-corrected chi connectivity index (χ1v) is 12.7. The summed E-state index contributed by atoms with van der Waals surface area (Å²) in [5.41, 5.74) is -1.20. The number of ether oxygens (including phenoxy) is 1. The number of nitrogens with zero attached hydrogens (tertiary/aromatic N) is 1. The molecule has 1 aromatic heterocycles. The highest BCUT2D eigenvalue weighted by Crippen LogP contribution is 2.39. The van der Waals surface area contributed by atoms with E-state index in [1.807, 2.05) is 0 Å². The second-order valence-corrected chi connectivity index (χ2v) is 10.3. The number of hydrogen-bond acceptors (Lipinski definition) is 5. The third-order valence-electron chi connectivity index (χ3n) is 6.79. The van der Waals surface area contributed by atoms with Crippen molar-refractivity contribution in [3.8, 4) is 5.75 Å². The van der Waals surface area contributed by atoms with Gasteiger partial charge >= 0.3 is 5.92 Å². The molecule has 0 unspecified atom stereocenters. The number of amides is 1. The molecular weight excluding hydrogens is 513 g/mol. The Kier molecular flexibility index (Phi) is 6.66. The van der Waals surface area contributed by atoms with E-state index >= 15 is 8.78 Å². The first-order chi connectivity index (χ1) is 17.1. The quantitative estimate of drug-likeness (QED) is 0.378. The smallest absolute Gasteiger partial charge is 0.380 e. The highest BCUT2D eigenvalue weighted by atomic mass is 35.5. The SMILES string of the molecule is C[C@@H](NC(=O)C(F)(F)c1cc2cc(Cl)ccc2o1)[C@](O)(c1ccc(OC2CC2)c(Cl)c1)N1CCCC1. The molecule has 2 fully saturated rings. The third-order valence-corrected chi connectivity index (χ3v) is 7.32. The Balaban J connectivity index is 1.42. The number of carbonyl (C=O) groups is 1. The zero-order valence-electron chi connectivity index (χ0n) is 19.6. The second kappa shape index (κ2) is 9.49. The van der Waals surface area contributed by atoms with Crippen LogP contribution in [0.4, 0.5) is 8.78 Å². The minimum Gasteiger partial charge on any atom is -0.489 e. The second-order valence-electron chi connectivity index (χ2n) is 9.45. The van der Waals surface area contributed by atoms with Gasteiger partial charge in [-0.15, -0.1) is 0 Å². The largest absolute Gasteiger partial charge is 0.489 e. The molecule has 1 saturated heterocycles. The van der Waals surface area contributed by atoms with Crippen LogP contribution in [-0.4, -0.2) is 41.1 Å². The van der Waals surface area contributed by atoms with Crippen LogP contribution in [0.1, 0.15) is 43.9 Å². The van der Waals surface area contributed by atoms with Crippen molar-refractivity contribution in [2.45, 2.75) is 56.4 Å². The minimum absolute atomic E-state index is 0.139. The number of aliphatic hydroxyl groups is 1. The fourth-order valence-corrected chi connectivity index (χ4v) is 5.03. The maximum atomic E-state index is 15.2. The predicted octanol–water partition coefficient (Wildman–Crippen LogP) is 5.82. The number of carbonyl (C=O) groups excluding carboxylic acids is 1. The number of nitrogens with one attached hydrogen (secondary N) is 1. The van der Waals surface area contributed by atoms with Gasteiger partial charge in [0, 0.05) is 29.1 Å². The van der Waals surface area contributed by atoms with Crippen molar-refractivity contribution in [3.63, 3.8) is 0 Å². The van der Waals surface area contributed by atoms with Crippen LogP contribution in [0.2, 0.25) is 10.0 Å². The Bertz CT molecular complexity index is 1290. The summed E-state index contributed by atoms with van der Waals surface area (Å²) in [5, 5.41) is 15.3. The van der Waals surface area contributed by atoms with Gasteiger partial charge in [0.25, 0.3) is 5.91 Å². The zero-order chi connectivity index (χ0) is 25.7. The molecule has 2 aromatic carbocycles. The molecule has 1 aliphatic carbocycles. The van der Waals surface area contributed by atoms with Crippen molar-refractivity contribution in [3.05, 3.63) is 63.8 Å². The van der Waals surface area contributed by atoms with E-state index in [0.29, 0.717) is 39.8 Å². The number of rotatable bonds is 8. The summed E-state index contributed by atoms with van der Waals surface area (Å²) in [6.07, 6.45) is 3.73. The van der Waals surface area contributed by atoms with Crippen LogP contribution < -0.4 is 10.1 Å². The molecule has 0 radical (unpaired) electrons. The molecule has 6 nitrogen and oxygen atoms in total. The highest BCUT2D eigenvalue weighted by Gasteiger charge is 2.49. The van der Waals surface area contributed by atoms with Crippen molar-refractivity contribution >= 4 is 40.1 Å². The number of likely N-dealkylation sites (tertiary alicyclic amines) is 1. The standard InChI is InChI=1S/C26H26Cl2F2N2O4/c1-15(31-24(33)25(29,30)23-13-16-12-18(27)5-9-21(16)36-23)26(34,32-10-2-3-11-32)17-4-8-22(20(28)14-17)35-19-6-7-19/h4-5,8-9,12-15,19,34H,2-3,6-7,10-11H2,1H3,(H,31,33)/t15-,26+/m1/s1. The molecule has 10 heteroatoms. The van der Waals surface area contributed by atoms with Crippen LogP contribution in [0, 0.1) is 0 Å². The van der Waals surface area contributed by atoms with Gasteiger partial charge < -0.3 is 19.6 Å². The normalized spacial score (nSPS) is 19.3. The van der Waals surface area contributed by atoms with Gasteiger partial charge in [-0.2, -0.15) is 8.78 Å². The Morgan fingerprint density at radius 3 is 2.56 bits per heavy atom. The van der Waals surface area contributed by atoms with E-state index in [-0.39, 0.29) is 11.7 Å². The van der Waals surface area contributed by atoms with Gasteiger partial charge in [0.15, 0.2) is 11.5 Å². The molecule has 1 saturated carbocycles. The van der Waals surface area contributed by atoms with Crippen molar-refractivity contribution in [1.82, 2.24) is 10.2 Å². The number of alkyl halides is 2. The fraction of sp³-hybridized carbons (Fsp3) is 0.423. The third kappa shape index (κ3) is 4.67. The number of fused-ring (bicyclic) bond motifs is 1. The summed E-state index contributed by atoms with van der Waals surface area (Å²) >= 11 is 12.4. The monoisotopic (exact) mass is 538 g/mol. The molecule has 3 aromatic rings. The maximum absolute atomic E-state index is 15.2. The maximum Gasteiger partial charge on any atom is 0.380 e. The van der Waals surface area contributed by atoms with Crippen LogP contribution >= 0.6 is 23.2 Å². The van der Waals surface area contributed by atoms with E-state index in [1.54, 1.807) is 23.1 Å². The lowest BCUT2D eigenvalue weighted by Crippen LogP contribution is -2.59. The van der Waals surface area contributed by atoms with Gasteiger partial charge in [0.05, 0.1) is 17.2 Å². The highest BCUT2D eigenvalue weighted by molar-refractivity contribution is 6.32. The van der Waals surface area contributed by atoms with Gasteiger partial charge in [-0.3, -0.25) is 9.69 Å². The van der Waals surface area contributed by atoms with E-state index in [2.05, 4.69) is 5.32 Å². The van der Waals surface area contributed by atoms with Crippen LogP contribution in [0.25, 0.3) is 11.0 Å². The predicted molar refractivity (Wildman–Crippen MR) is 133 cm³/mol. The summed E-state index contributed by atoms with van der Waals surface area (Å²) in [4.78, 5) is 14.6. The van der Waals surface area contributed by atoms with Gasteiger partial charge in [-0.1, -0.05) is 29.3 Å². The van der Waals surface area contributed by atoms with Crippen LogP contribution in [0.5, 0.6) is 5.75 Å². The molecule has 5 rings (SSSR count). The van der Waals surface area contributed by atoms with Crippen LogP contribution in [0.3, 0.4) is 0 Å². The number of halogens is 4. The van der Waals surface area contributed by atoms with Gasteiger partial charge in [0.1, 0.15) is 11.3 Å². The summed E-state index contributed by atoms with van der Waals surface area (Å²) in [7, 11) is 0. The van der Waals surface area contributed by atoms with Crippen molar-refractivity contribution in [2.24, 2.45) is 0 Å². The van der Waals surface area contributed by atoms with E-state index in [9.17, 15) is 9.90 Å². The van der Waals surface area contributed by atoms with Crippen LogP contribution in [-0.2, 0) is 16.4 Å². The van der Waals surface area contributed by atoms with Crippen LogP contribution in [0.15, 0.2) is 46.9 Å². The minimum atomic E-state index is -3.98. The average molecular weight is 539 g/mol. The molecule has 1 amide bonds. The summed E-state index contributed by atoms with van der Waals surface area (Å²) < 4.78 is 41.4. The molecule has 2 atom stereocenters. The van der Waals surface area contributed by atoms with Crippen molar-refractivity contribution < 1.29 is 27.8 Å². The van der Waals surface area contributed by atoms with E-state index < -0.39 is 29.4 Å². The summed E-state index contributed by atoms with van der Waals surface area (Å²) in [6.45, 7) is 2.57. The number of furan rings is 1. The van der Waals surface area contributed by atoms with Crippen molar-refractivity contribution in [2.75, 3.05) is 13.1 Å². The lowest BCUT2D eigenvalue weighted by molar-refractivity contribution is -0.161. The molecule has 2 N–H and O–H groups in total. The van der Waals surface area contributed by atoms with Gasteiger partial charge in [-0.25, -0.2) is 0 Å². The Hall–Kier alpha value is -2.39.